The molecule has 1 fully saturated rings. The van der Waals surface area contributed by atoms with Crippen LogP contribution in [-0.2, 0) is 4.74 Å². The number of carbonyl (C=O) groups excluding carboxylic acids is 1. The zero-order valence-corrected chi connectivity index (χ0v) is 10.7. The van der Waals surface area contributed by atoms with E-state index in [1.165, 1.54) is 6.42 Å². The summed E-state index contributed by atoms with van der Waals surface area (Å²) in [4.78, 5) is 17.0. The summed E-state index contributed by atoms with van der Waals surface area (Å²) >= 11 is 1.15. The fourth-order valence-electron chi connectivity index (χ4n) is 1.90. The van der Waals surface area contributed by atoms with Crippen molar-refractivity contribution in [3.8, 4) is 0 Å². The molecule has 1 aromatic heterocycles. The zero-order valence-electron chi connectivity index (χ0n) is 9.83. The van der Waals surface area contributed by atoms with Crippen LogP contribution in [0.3, 0.4) is 0 Å². The lowest BCUT2D eigenvalue weighted by Crippen LogP contribution is -2.23. The fourth-order valence-corrected chi connectivity index (χ4v) is 2.67. The number of pyridine rings is 1. The molecular formula is C14H13NO2S. The van der Waals surface area contributed by atoms with E-state index in [2.05, 4.69) is 4.98 Å². The van der Waals surface area contributed by atoms with Crippen LogP contribution in [0.2, 0.25) is 0 Å². The molecule has 1 heterocycles. The molecule has 92 valence electrons. The molecule has 0 unspecified atom stereocenters. The van der Waals surface area contributed by atoms with Crippen LogP contribution < -0.4 is 0 Å². The number of para-hydroxylation sites is 1. The van der Waals surface area contributed by atoms with Gasteiger partial charge in [-0.2, -0.15) is 0 Å². The van der Waals surface area contributed by atoms with Gasteiger partial charge in [0.25, 0.3) is 0 Å². The molecule has 0 radical (unpaired) electrons. The van der Waals surface area contributed by atoms with E-state index in [9.17, 15) is 4.79 Å². The third-order valence-electron chi connectivity index (χ3n) is 3.12. The highest BCUT2D eigenvalue weighted by Gasteiger charge is 2.22. The van der Waals surface area contributed by atoms with Crippen molar-refractivity contribution in [3.63, 3.8) is 0 Å². The van der Waals surface area contributed by atoms with Gasteiger partial charge in [-0.3, -0.25) is 4.98 Å². The summed E-state index contributed by atoms with van der Waals surface area (Å²) in [5.41, 5.74) is 0.902. The first-order chi connectivity index (χ1) is 8.83. The Bertz CT molecular complexity index is 576. The molecule has 0 saturated heterocycles. The molecule has 0 atom stereocenters. The monoisotopic (exact) mass is 259 g/mol. The molecule has 0 bridgehead atoms. The zero-order chi connectivity index (χ0) is 12.4. The van der Waals surface area contributed by atoms with Gasteiger partial charge < -0.3 is 4.74 Å². The predicted molar refractivity (Wildman–Crippen MR) is 71.7 cm³/mol. The number of fused-ring (bicyclic) bond motifs is 1. The van der Waals surface area contributed by atoms with E-state index in [4.69, 9.17) is 4.74 Å². The lowest BCUT2D eigenvalue weighted by atomic mass is 9.96. The second-order valence-electron chi connectivity index (χ2n) is 4.35. The minimum atomic E-state index is -0.212. The molecule has 0 spiro atoms. The Labute approximate surface area is 110 Å². The second-order valence-corrected chi connectivity index (χ2v) is 5.33. The summed E-state index contributed by atoms with van der Waals surface area (Å²) in [5.74, 6) is 0. The Kier molecular flexibility index (Phi) is 3.19. The number of thioether (sulfide) groups is 1. The van der Waals surface area contributed by atoms with Crippen molar-refractivity contribution in [2.45, 2.75) is 30.3 Å². The van der Waals surface area contributed by atoms with Crippen LogP contribution in [0.1, 0.15) is 19.3 Å². The molecule has 2 aromatic rings. The molecule has 1 aromatic carbocycles. The van der Waals surface area contributed by atoms with Gasteiger partial charge in [-0.1, -0.05) is 18.2 Å². The maximum atomic E-state index is 11.8. The van der Waals surface area contributed by atoms with Gasteiger partial charge in [0.15, 0.2) is 0 Å². The summed E-state index contributed by atoms with van der Waals surface area (Å²) in [6.45, 7) is 0. The summed E-state index contributed by atoms with van der Waals surface area (Å²) in [6.07, 6.45) is 5.03. The van der Waals surface area contributed by atoms with Crippen molar-refractivity contribution in [1.82, 2.24) is 4.98 Å². The van der Waals surface area contributed by atoms with Gasteiger partial charge in [0.05, 0.1) is 5.52 Å². The van der Waals surface area contributed by atoms with Crippen molar-refractivity contribution >= 4 is 28.0 Å². The number of aromatic nitrogens is 1. The standard InChI is InChI=1S/C14H13NO2S/c16-14(17-10-4-3-5-10)18-13-8-9-15-12-7-2-1-6-11(12)13/h1-2,6-10H,3-5H2. The summed E-state index contributed by atoms with van der Waals surface area (Å²) in [6, 6.07) is 9.66. The number of nitrogens with zero attached hydrogens (tertiary/aromatic N) is 1. The molecule has 1 aliphatic carbocycles. The Balaban J connectivity index is 1.79. The van der Waals surface area contributed by atoms with Gasteiger partial charge >= 0.3 is 5.30 Å². The van der Waals surface area contributed by atoms with Crippen LogP contribution in [0.15, 0.2) is 41.4 Å². The van der Waals surface area contributed by atoms with E-state index < -0.39 is 0 Å². The van der Waals surface area contributed by atoms with Crippen LogP contribution in [0, 0.1) is 0 Å². The van der Waals surface area contributed by atoms with Crippen LogP contribution >= 0.6 is 11.8 Å². The number of hydrogen-bond acceptors (Lipinski definition) is 4. The van der Waals surface area contributed by atoms with Crippen molar-refractivity contribution in [2.24, 2.45) is 0 Å². The third kappa shape index (κ3) is 2.34. The van der Waals surface area contributed by atoms with Gasteiger partial charge in [0.1, 0.15) is 6.10 Å². The minimum Gasteiger partial charge on any atom is -0.454 e. The number of hydrogen-bond donors (Lipinski definition) is 0. The SMILES string of the molecule is O=C(OC1CCC1)Sc1ccnc2ccccc12. The van der Waals surface area contributed by atoms with E-state index in [1.54, 1.807) is 6.20 Å². The van der Waals surface area contributed by atoms with E-state index in [-0.39, 0.29) is 11.4 Å². The largest absolute Gasteiger partial charge is 0.454 e. The number of ether oxygens (including phenoxy) is 1. The van der Waals surface area contributed by atoms with Gasteiger partial charge in [-0.05, 0) is 43.2 Å². The smallest absolute Gasteiger partial charge is 0.372 e. The number of carbonyl (C=O) groups is 1. The van der Waals surface area contributed by atoms with Crippen LogP contribution in [-0.4, -0.2) is 16.4 Å². The lowest BCUT2D eigenvalue weighted by Gasteiger charge is -2.24. The molecule has 0 N–H and O–H groups in total. The second kappa shape index (κ2) is 4.98. The third-order valence-corrected chi connectivity index (χ3v) is 3.96. The van der Waals surface area contributed by atoms with Crippen LogP contribution in [0.4, 0.5) is 4.79 Å². The van der Waals surface area contributed by atoms with Crippen molar-refractivity contribution in [2.75, 3.05) is 0 Å². The van der Waals surface area contributed by atoms with Crippen molar-refractivity contribution in [3.05, 3.63) is 36.5 Å². The summed E-state index contributed by atoms with van der Waals surface area (Å²) in [5, 5.41) is 0.784. The van der Waals surface area contributed by atoms with Gasteiger partial charge in [0.2, 0.25) is 0 Å². The Morgan fingerprint density at radius 1 is 1.28 bits per heavy atom. The summed E-state index contributed by atoms with van der Waals surface area (Å²) < 4.78 is 5.34. The number of benzene rings is 1. The molecule has 0 aliphatic heterocycles. The molecule has 1 aliphatic rings. The lowest BCUT2D eigenvalue weighted by molar-refractivity contribution is 0.0716. The normalized spacial score (nSPS) is 15.3. The predicted octanol–water partition coefficient (Wildman–Crippen LogP) is 4.02. The molecule has 1 saturated carbocycles. The molecule has 4 heteroatoms. The fraction of sp³-hybridized carbons (Fsp3) is 0.286. The Morgan fingerprint density at radius 2 is 2.11 bits per heavy atom. The molecule has 18 heavy (non-hydrogen) atoms. The topological polar surface area (TPSA) is 39.2 Å². The van der Waals surface area contributed by atoms with E-state index >= 15 is 0 Å². The van der Waals surface area contributed by atoms with Gasteiger partial charge in [-0.25, -0.2) is 4.79 Å². The molecule has 3 rings (SSSR count). The molecule has 0 amide bonds. The van der Waals surface area contributed by atoms with Crippen molar-refractivity contribution in [1.29, 1.82) is 0 Å². The van der Waals surface area contributed by atoms with Gasteiger partial charge in [-0.15, -0.1) is 0 Å². The first kappa shape index (κ1) is 11.5. The maximum absolute atomic E-state index is 11.8. The highest BCUT2D eigenvalue weighted by Crippen LogP contribution is 2.30. The first-order valence-corrected chi connectivity index (χ1v) is 6.87. The minimum absolute atomic E-state index is 0.137. The van der Waals surface area contributed by atoms with E-state index in [0.29, 0.717) is 0 Å². The highest BCUT2D eigenvalue weighted by molar-refractivity contribution is 8.13. The average Bonchev–Trinajstić information content (AvgIpc) is 2.34. The molecular weight excluding hydrogens is 246 g/mol. The van der Waals surface area contributed by atoms with Crippen LogP contribution in [0.5, 0.6) is 0 Å². The maximum Gasteiger partial charge on any atom is 0.372 e. The average molecular weight is 259 g/mol. The van der Waals surface area contributed by atoms with E-state index in [0.717, 1.165) is 40.4 Å². The molecule has 3 nitrogen and oxygen atoms in total. The highest BCUT2D eigenvalue weighted by atomic mass is 32.2. The van der Waals surface area contributed by atoms with E-state index in [1.807, 2.05) is 30.3 Å². The van der Waals surface area contributed by atoms with Crippen LogP contribution in [0.25, 0.3) is 10.9 Å². The first-order valence-electron chi connectivity index (χ1n) is 6.05. The Hall–Kier alpha value is -1.55. The van der Waals surface area contributed by atoms with Gasteiger partial charge in [0, 0.05) is 16.5 Å². The quantitative estimate of drug-likeness (QED) is 0.603. The van der Waals surface area contributed by atoms with Crippen molar-refractivity contribution < 1.29 is 9.53 Å². The Morgan fingerprint density at radius 3 is 2.89 bits per heavy atom. The summed E-state index contributed by atoms with van der Waals surface area (Å²) in [7, 11) is 0. The number of rotatable bonds is 2.